The van der Waals surface area contributed by atoms with Gasteiger partial charge in [-0.05, 0) is 17.7 Å². The molecule has 3 atom stereocenters. The van der Waals surface area contributed by atoms with E-state index in [4.69, 9.17) is 0 Å². The van der Waals surface area contributed by atoms with E-state index in [0.29, 0.717) is 17.1 Å². The third-order valence-corrected chi connectivity index (χ3v) is 7.02. The lowest BCUT2D eigenvalue weighted by Crippen LogP contribution is -2.23. The van der Waals surface area contributed by atoms with E-state index in [-0.39, 0.29) is 5.69 Å². The van der Waals surface area contributed by atoms with Crippen LogP contribution in [0.5, 0.6) is 0 Å². The highest BCUT2D eigenvalue weighted by Gasteiger charge is 2.37. The van der Waals surface area contributed by atoms with Crippen LogP contribution < -0.4 is 0 Å². The van der Waals surface area contributed by atoms with Gasteiger partial charge in [0, 0.05) is 45.2 Å². The molecule has 0 aromatic heterocycles. The number of nitrogens with zero attached hydrogens (tertiary/aromatic N) is 1. The van der Waals surface area contributed by atoms with Crippen molar-refractivity contribution in [2.75, 3.05) is 11.5 Å². The summed E-state index contributed by atoms with van der Waals surface area (Å²) in [7, 11) is -2.64. The summed E-state index contributed by atoms with van der Waals surface area (Å²) in [5, 5.41) is 20.5. The van der Waals surface area contributed by atoms with Crippen molar-refractivity contribution in [1.82, 2.24) is 0 Å². The van der Waals surface area contributed by atoms with Gasteiger partial charge >= 0.3 is 0 Å². The Morgan fingerprint density at radius 2 is 1.72 bits per heavy atom. The number of aliphatic hydroxyl groups is 1. The van der Waals surface area contributed by atoms with Crippen LogP contribution in [0.15, 0.2) is 24.3 Å². The van der Waals surface area contributed by atoms with Crippen LogP contribution in [0.1, 0.15) is 11.7 Å². The molecule has 0 radical (unpaired) electrons. The molecule has 0 amide bonds. The normalized spacial score (nSPS) is 26.1. The Labute approximate surface area is 108 Å². The van der Waals surface area contributed by atoms with Crippen LogP contribution in [0.3, 0.4) is 0 Å². The monoisotopic (exact) mass is 289 g/mol. The maximum atomic E-state index is 11.6. The largest absolute Gasteiger partial charge is 0.386 e. The molecule has 0 spiro atoms. The Bertz CT molecular complexity index is 500. The van der Waals surface area contributed by atoms with Crippen LogP contribution in [0.2, 0.25) is 0 Å². The van der Waals surface area contributed by atoms with Gasteiger partial charge in [0.25, 0.3) is 5.69 Å². The van der Waals surface area contributed by atoms with Gasteiger partial charge in [0.15, 0.2) is 0 Å². The quantitative estimate of drug-likeness (QED) is 0.644. The van der Waals surface area contributed by atoms with Crippen LogP contribution in [-0.2, 0) is 21.6 Å². The van der Waals surface area contributed by atoms with Gasteiger partial charge in [0.05, 0.1) is 4.92 Å². The lowest BCUT2D eigenvalue weighted by Gasteiger charge is -2.16. The van der Waals surface area contributed by atoms with Gasteiger partial charge in [0.1, 0.15) is 10.7 Å². The van der Waals surface area contributed by atoms with Gasteiger partial charge < -0.3 is 5.11 Å². The summed E-state index contributed by atoms with van der Waals surface area (Å²) >= 11 is 0. The zero-order valence-corrected chi connectivity index (χ0v) is 10.9. The maximum Gasteiger partial charge on any atom is 0.269 e. The van der Waals surface area contributed by atoms with Crippen molar-refractivity contribution < 1.29 is 18.4 Å². The molecule has 18 heavy (non-hydrogen) atoms. The van der Waals surface area contributed by atoms with Gasteiger partial charge in [-0.3, -0.25) is 18.5 Å². The molecule has 2 rings (SSSR count). The molecule has 0 aliphatic carbocycles. The van der Waals surface area contributed by atoms with Crippen LogP contribution in [-0.4, -0.2) is 34.5 Å². The van der Waals surface area contributed by atoms with Crippen LogP contribution in [0, 0.1) is 10.1 Å². The van der Waals surface area contributed by atoms with Gasteiger partial charge in [-0.25, -0.2) is 0 Å². The Morgan fingerprint density at radius 3 is 2.17 bits per heavy atom. The predicted molar refractivity (Wildman–Crippen MR) is 67.9 cm³/mol. The lowest BCUT2D eigenvalue weighted by molar-refractivity contribution is -0.384. The molecular weight excluding hydrogens is 278 g/mol. The summed E-state index contributed by atoms with van der Waals surface area (Å²) < 4.78 is 22.4. The molecule has 1 aliphatic rings. The zero-order chi connectivity index (χ0) is 13.3. The highest BCUT2D eigenvalue weighted by atomic mass is 32.3. The second-order valence-corrected chi connectivity index (χ2v) is 7.49. The molecule has 0 unspecified atom stereocenters. The molecule has 1 aliphatic heterocycles. The number of hydrogen-bond acceptors (Lipinski definition) is 5. The van der Waals surface area contributed by atoms with Crippen molar-refractivity contribution in [3.05, 3.63) is 39.9 Å². The molecule has 8 heteroatoms. The van der Waals surface area contributed by atoms with E-state index < -0.39 is 37.2 Å². The molecule has 1 aromatic carbocycles. The fourth-order valence-electron chi connectivity index (χ4n) is 1.75. The molecule has 1 heterocycles. The van der Waals surface area contributed by atoms with Crippen molar-refractivity contribution in [1.29, 1.82) is 0 Å². The molecular formula is C10H11NO5S2. The van der Waals surface area contributed by atoms with E-state index in [9.17, 15) is 23.6 Å². The second kappa shape index (κ2) is 5.25. The van der Waals surface area contributed by atoms with E-state index in [1.165, 1.54) is 24.3 Å². The van der Waals surface area contributed by atoms with Gasteiger partial charge in [-0.15, -0.1) is 0 Å². The third kappa shape index (κ3) is 2.50. The van der Waals surface area contributed by atoms with Crippen LogP contribution in [0.25, 0.3) is 0 Å². The minimum Gasteiger partial charge on any atom is -0.386 e. The maximum absolute atomic E-state index is 11.6. The highest BCUT2D eigenvalue weighted by molar-refractivity contribution is 8.06. The summed E-state index contributed by atoms with van der Waals surface area (Å²) in [4.78, 5) is 9.95. The SMILES string of the molecule is O=[N+]([O-])c1ccc([C@H](O)C2[S@](=O)CC[S@]2=O)cc1. The second-order valence-electron chi connectivity index (χ2n) is 3.83. The molecule has 1 saturated heterocycles. The fourth-order valence-corrected chi connectivity index (χ4v) is 5.96. The molecule has 1 fully saturated rings. The van der Waals surface area contributed by atoms with Crippen molar-refractivity contribution >= 4 is 27.3 Å². The molecule has 1 aromatic rings. The number of non-ortho nitro benzene ring substituents is 1. The van der Waals surface area contributed by atoms with Crippen molar-refractivity contribution in [2.24, 2.45) is 0 Å². The standard InChI is InChI=1S/C10H11NO5S2/c12-9(10-17(15)5-6-18(10)16)7-1-3-8(4-2-7)11(13)14/h1-4,9-10,12H,5-6H2/t9-,17+,18+/m0/s1. The predicted octanol–water partition coefficient (Wildman–Crippen LogP) is 0.465. The first-order valence-corrected chi connectivity index (χ1v) is 7.94. The Balaban J connectivity index is 2.23. The summed E-state index contributed by atoms with van der Waals surface area (Å²) in [5.74, 6) is 0.642. The average Bonchev–Trinajstić information content (AvgIpc) is 2.68. The number of rotatable bonds is 3. The zero-order valence-electron chi connectivity index (χ0n) is 9.22. The number of nitro benzene ring substituents is 1. The summed E-state index contributed by atoms with van der Waals surface area (Å²) in [6, 6.07) is 5.32. The van der Waals surface area contributed by atoms with Gasteiger partial charge in [-0.2, -0.15) is 0 Å². The van der Waals surface area contributed by atoms with Crippen molar-refractivity contribution in [2.45, 2.75) is 10.7 Å². The van der Waals surface area contributed by atoms with Crippen molar-refractivity contribution in [3.63, 3.8) is 0 Å². The molecule has 0 saturated carbocycles. The molecule has 6 nitrogen and oxygen atoms in total. The number of benzene rings is 1. The topological polar surface area (TPSA) is 97.5 Å². The molecule has 0 bridgehead atoms. The van der Waals surface area contributed by atoms with Gasteiger partial charge in [0.2, 0.25) is 0 Å². The molecule has 1 N–H and O–H groups in total. The van der Waals surface area contributed by atoms with Crippen molar-refractivity contribution in [3.8, 4) is 0 Å². The van der Waals surface area contributed by atoms with E-state index in [1.54, 1.807) is 0 Å². The Kier molecular flexibility index (Phi) is 3.88. The van der Waals surface area contributed by atoms with Crippen LogP contribution >= 0.6 is 0 Å². The summed E-state index contributed by atoms with van der Waals surface area (Å²) in [5.41, 5.74) is 0.314. The smallest absolute Gasteiger partial charge is 0.269 e. The molecule has 98 valence electrons. The first-order chi connectivity index (χ1) is 8.50. The Hall–Kier alpha value is -1.12. The number of nitro groups is 1. The minimum atomic E-state index is -1.32. The summed E-state index contributed by atoms with van der Waals surface area (Å²) in [6.07, 6.45) is -1.12. The number of aliphatic hydroxyl groups excluding tert-OH is 1. The van der Waals surface area contributed by atoms with E-state index in [1.807, 2.05) is 0 Å². The third-order valence-electron chi connectivity index (χ3n) is 2.71. The Morgan fingerprint density at radius 1 is 1.22 bits per heavy atom. The minimum absolute atomic E-state index is 0.0837. The van der Waals surface area contributed by atoms with E-state index >= 15 is 0 Å². The van der Waals surface area contributed by atoms with Gasteiger partial charge in [-0.1, -0.05) is 0 Å². The average molecular weight is 289 g/mol. The van der Waals surface area contributed by atoms with E-state index in [0.717, 1.165) is 0 Å². The highest BCUT2D eigenvalue weighted by Crippen LogP contribution is 2.28. The van der Waals surface area contributed by atoms with Crippen LogP contribution in [0.4, 0.5) is 5.69 Å². The summed E-state index contributed by atoms with van der Waals surface area (Å²) in [6.45, 7) is 0. The first kappa shape index (κ1) is 13.3. The van der Waals surface area contributed by atoms with E-state index in [2.05, 4.69) is 0 Å². The lowest BCUT2D eigenvalue weighted by atomic mass is 10.1. The fraction of sp³-hybridized carbons (Fsp3) is 0.400. The first-order valence-electron chi connectivity index (χ1n) is 5.17. The number of hydrogen-bond donors (Lipinski definition) is 1.